The lowest BCUT2D eigenvalue weighted by atomic mass is 9.69. The molecule has 0 radical (unpaired) electrons. The minimum atomic E-state index is 0.252. The second-order valence-electron chi connectivity index (χ2n) is 6.51. The third-order valence-electron chi connectivity index (χ3n) is 5.30. The van der Waals surface area contributed by atoms with Crippen LogP contribution < -0.4 is 5.32 Å². The number of nitrogens with one attached hydrogen (secondary N) is 1. The first-order valence-electron chi connectivity index (χ1n) is 7.69. The number of hydrogen-bond acceptors (Lipinski definition) is 3. The molecule has 3 nitrogen and oxygen atoms in total. The predicted octanol–water partition coefficient (Wildman–Crippen LogP) is 2.49. The molecule has 0 aromatic carbocycles. The Balaban J connectivity index is 1.64. The van der Waals surface area contributed by atoms with E-state index in [0.717, 1.165) is 12.5 Å². The summed E-state index contributed by atoms with van der Waals surface area (Å²) in [6.45, 7) is 3.15. The van der Waals surface area contributed by atoms with Crippen molar-refractivity contribution in [2.75, 3.05) is 13.7 Å². The quantitative estimate of drug-likeness (QED) is 0.838. The van der Waals surface area contributed by atoms with Crippen LogP contribution in [0.2, 0.25) is 0 Å². The van der Waals surface area contributed by atoms with Crippen molar-refractivity contribution in [1.82, 2.24) is 5.32 Å². The number of likely N-dealkylation sites (N-methyl/N-ethyl adjacent to an activating group) is 1. The summed E-state index contributed by atoms with van der Waals surface area (Å²) < 4.78 is 12.1. The van der Waals surface area contributed by atoms with Crippen molar-refractivity contribution >= 4 is 0 Å². The molecule has 0 bridgehead atoms. The molecule has 3 heteroatoms. The summed E-state index contributed by atoms with van der Waals surface area (Å²) in [4.78, 5) is 0. The minimum absolute atomic E-state index is 0.252. The average Bonchev–Trinajstić information content (AvgIpc) is 2.75. The molecule has 3 rings (SSSR count). The Morgan fingerprint density at radius 3 is 2.61 bits per heavy atom. The summed E-state index contributed by atoms with van der Waals surface area (Å²) in [6, 6.07) is 0.524. The zero-order valence-corrected chi connectivity index (χ0v) is 11.8. The summed E-state index contributed by atoms with van der Waals surface area (Å²) in [5.41, 5.74) is 0.252. The van der Waals surface area contributed by atoms with E-state index >= 15 is 0 Å². The second kappa shape index (κ2) is 5.10. The SMILES string of the molecule is CNC(C1CCOC2(CCC2)C1)C1CCC(C)O1. The summed E-state index contributed by atoms with van der Waals surface area (Å²) in [7, 11) is 2.10. The first-order chi connectivity index (χ1) is 8.72. The van der Waals surface area contributed by atoms with Crippen molar-refractivity contribution < 1.29 is 9.47 Å². The molecule has 3 fully saturated rings. The van der Waals surface area contributed by atoms with Crippen molar-refractivity contribution in [3.63, 3.8) is 0 Å². The van der Waals surface area contributed by atoms with Crippen molar-refractivity contribution in [3.05, 3.63) is 0 Å². The Kier molecular flexibility index (Phi) is 3.65. The van der Waals surface area contributed by atoms with E-state index in [1.165, 1.54) is 44.9 Å². The maximum atomic E-state index is 6.08. The molecule has 2 saturated heterocycles. The van der Waals surface area contributed by atoms with E-state index in [-0.39, 0.29) is 5.60 Å². The molecule has 0 amide bonds. The van der Waals surface area contributed by atoms with Gasteiger partial charge in [-0.3, -0.25) is 0 Å². The minimum Gasteiger partial charge on any atom is -0.375 e. The standard InChI is InChI=1S/C15H27NO2/c1-11-4-5-13(18-11)14(16-2)12-6-9-17-15(10-12)7-3-8-15/h11-14,16H,3-10H2,1-2H3. The van der Waals surface area contributed by atoms with Crippen molar-refractivity contribution in [2.45, 2.75) is 75.7 Å². The lowest BCUT2D eigenvalue weighted by Crippen LogP contribution is -2.52. The maximum Gasteiger partial charge on any atom is 0.0735 e. The van der Waals surface area contributed by atoms with Gasteiger partial charge in [-0.25, -0.2) is 0 Å². The maximum absolute atomic E-state index is 6.08. The van der Waals surface area contributed by atoms with E-state index < -0.39 is 0 Å². The van der Waals surface area contributed by atoms with Gasteiger partial charge in [0, 0.05) is 12.6 Å². The molecule has 1 N–H and O–H groups in total. The molecule has 0 aromatic rings. The third-order valence-corrected chi connectivity index (χ3v) is 5.30. The van der Waals surface area contributed by atoms with Gasteiger partial charge in [0.15, 0.2) is 0 Å². The highest BCUT2D eigenvalue weighted by atomic mass is 16.5. The van der Waals surface area contributed by atoms with E-state index in [0.29, 0.717) is 18.2 Å². The van der Waals surface area contributed by atoms with Crippen LogP contribution in [0.5, 0.6) is 0 Å². The van der Waals surface area contributed by atoms with Gasteiger partial charge in [0.05, 0.1) is 17.8 Å². The molecule has 1 spiro atoms. The molecule has 4 atom stereocenters. The molecule has 2 heterocycles. The zero-order chi connectivity index (χ0) is 12.6. The predicted molar refractivity (Wildman–Crippen MR) is 71.7 cm³/mol. The molecule has 2 aliphatic heterocycles. The molecule has 104 valence electrons. The van der Waals surface area contributed by atoms with E-state index in [9.17, 15) is 0 Å². The van der Waals surface area contributed by atoms with Gasteiger partial charge in [-0.2, -0.15) is 0 Å². The van der Waals surface area contributed by atoms with Crippen LogP contribution in [0.1, 0.15) is 51.9 Å². The molecular formula is C15H27NO2. The van der Waals surface area contributed by atoms with Gasteiger partial charge < -0.3 is 14.8 Å². The van der Waals surface area contributed by atoms with E-state index in [1.54, 1.807) is 0 Å². The van der Waals surface area contributed by atoms with Crippen molar-refractivity contribution in [2.24, 2.45) is 5.92 Å². The third kappa shape index (κ3) is 2.33. The molecule has 0 aromatic heterocycles. The van der Waals surface area contributed by atoms with Crippen molar-refractivity contribution in [1.29, 1.82) is 0 Å². The smallest absolute Gasteiger partial charge is 0.0735 e. The number of hydrogen-bond donors (Lipinski definition) is 1. The Morgan fingerprint density at radius 2 is 2.06 bits per heavy atom. The number of ether oxygens (including phenoxy) is 2. The van der Waals surface area contributed by atoms with E-state index in [1.807, 2.05) is 0 Å². The summed E-state index contributed by atoms with van der Waals surface area (Å²) in [5, 5.41) is 3.54. The second-order valence-corrected chi connectivity index (χ2v) is 6.51. The Bertz CT molecular complexity index is 290. The van der Waals surface area contributed by atoms with Gasteiger partial charge in [-0.05, 0) is 64.8 Å². The van der Waals surface area contributed by atoms with Crippen LogP contribution in [0, 0.1) is 5.92 Å². The zero-order valence-electron chi connectivity index (χ0n) is 11.8. The lowest BCUT2D eigenvalue weighted by Gasteiger charge is -2.49. The van der Waals surface area contributed by atoms with Crippen LogP contribution in [0.25, 0.3) is 0 Å². The molecule has 18 heavy (non-hydrogen) atoms. The molecule has 4 unspecified atom stereocenters. The topological polar surface area (TPSA) is 30.5 Å². The van der Waals surface area contributed by atoms with Gasteiger partial charge in [-0.15, -0.1) is 0 Å². The Morgan fingerprint density at radius 1 is 1.22 bits per heavy atom. The molecule has 1 saturated carbocycles. The Labute approximate surface area is 111 Å². The van der Waals surface area contributed by atoms with E-state index in [4.69, 9.17) is 9.47 Å². The number of rotatable bonds is 3. The Hall–Kier alpha value is -0.120. The fourth-order valence-electron chi connectivity index (χ4n) is 4.11. The van der Waals surface area contributed by atoms with Crippen LogP contribution in [-0.4, -0.2) is 37.5 Å². The fourth-order valence-corrected chi connectivity index (χ4v) is 4.11. The van der Waals surface area contributed by atoms with Crippen LogP contribution in [-0.2, 0) is 9.47 Å². The summed E-state index contributed by atoms with van der Waals surface area (Å²) in [5.74, 6) is 0.736. The normalized spacial score (nSPS) is 40.7. The summed E-state index contributed by atoms with van der Waals surface area (Å²) >= 11 is 0. The van der Waals surface area contributed by atoms with Crippen LogP contribution in [0.15, 0.2) is 0 Å². The van der Waals surface area contributed by atoms with Gasteiger partial charge in [0.25, 0.3) is 0 Å². The summed E-state index contributed by atoms with van der Waals surface area (Å²) in [6.07, 6.45) is 9.66. The van der Waals surface area contributed by atoms with Crippen LogP contribution >= 0.6 is 0 Å². The molecule has 3 aliphatic rings. The van der Waals surface area contributed by atoms with E-state index in [2.05, 4.69) is 19.3 Å². The highest BCUT2D eigenvalue weighted by Crippen LogP contribution is 2.45. The lowest BCUT2D eigenvalue weighted by molar-refractivity contribution is -0.152. The monoisotopic (exact) mass is 253 g/mol. The van der Waals surface area contributed by atoms with Crippen molar-refractivity contribution in [3.8, 4) is 0 Å². The van der Waals surface area contributed by atoms with Gasteiger partial charge in [0.1, 0.15) is 0 Å². The fraction of sp³-hybridized carbons (Fsp3) is 1.00. The first-order valence-corrected chi connectivity index (χ1v) is 7.69. The highest BCUT2D eigenvalue weighted by molar-refractivity contribution is 4.98. The van der Waals surface area contributed by atoms with Crippen LogP contribution in [0.3, 0.4) is 0 Å². The van der Waals surface area contributed by atoms with Gasteiger partial charge in [0.2, 0.25) is 0 Å². The largest absolute Gasteiger partial charge is 0.375 e. The molecular weight excluding hydrogens is 226 g/mol. The molecule has 1 aliphatic carbocycles. The first kappa shape index (κ1) is 12.9. The van der Waals surface area contributed by atoms with Crippen LogP contribution in [0.4, 0.5) is 0 Å². The average molecular weight is 253 g/mol. The highest BCUT2D eigenvalue weighted by Gasteiger charge is 2.46. The van der Waals surface area contributed by atoms with Gasteiger partial charge in [-0.1, -0.05) is 0 Å². The van der Waals surface area contributed by atoms with Gasteiger partial charge >= 0.3 is 0 Å².